The Balaban J connectivity index is 1.47. The molecule has 1 aliphatic carbocycles. The lowest BCUT2D eigenvalue weighted by molar-refractivity contribution is 0.465. The Morgan fingerprint density at radius 2 is 1.67 bits per heavy atom. The Bertz CT molecular complexity index is 2000. The summed E-state index contributed by atoms with van der Waals surface area (Å²) in [7, 11) is 12.3. The van der Waals surface area contributed by atoms with Crippen molar-refractivity contribution in [1.82, 2.24) is 19.4 Å². The van der Waals surface area contributed by atoms with Gasteiger partial charge in [-0.05, 0) is 37.0 Å². The number of pyridine rings is 1. The van der Waals surface area contributed by atoms with Gasteiger partial charge < -0.3 is 10.6 Å². The summed E-state index contributed by atoms with van der Waals surface area (Å²) in [4.78, 5) is 22.8. The number of aromatic nitrogens is 3. The molecular formula is C29H33B5FN7O. The SMILES string of the molecule is Bc1c(B)c(B)c(N/C(NCc2ccc(-c3cccc(F)n3)cc2)=c2\c(=O)n(C)c3n(c2=N)[C@H]2CCC[C@H]2N=3)c(B)c1B. The van der Waals surface area contributed by atoms with Crippen molar-refractivity contribution >= 4 is 78.1 Å². The number of halogens is 1. The summed E-state index contributed by atoms with van der Waals surface area (Å²) in [5.74, 6) is -0.0236. The zero-order valence-corrected chi connectivity index (χ0v) is 25.6. The third-order valence-corrected chi connectivity index (χ3v) is 9.50. The molecule has 212 valence electrons. The Morgan fingerprint density at radius 3 is 2.35 bits per heavy atom. The van der Waals surface area contributed by atoms with Crippen molar-refractivity contribution < 1.29 is 4.39 Å². The van der Waals surface area contributed by atoms with Gasteiger partial charge in [-0.3, -0.25) is 19.3 Å². The topological polar surface area (TPSA) is 100 Å². The van der Waals surface area contributed by atoms with E-state index in [9.17, 15) is 14.6 Å². The van der Waals surface area contributed by atoms with Crippen LogP contribution in [0.1, 0.15) is 30.9 Å². The van der Waals surface area contributed by atoms with E-state index in [-0.39, 0.29) is 23.1 Å². The average Bonchev–Trinajstić information content (AvgIpc) is 3.61. The second-order valence-corrected chi connectivity index (χ2v) is 11.8. The molecule has 4 aromatic rings. The first-order chi connectivity index (χ1) is 20.6. The summed E-state index contributed by atoms with van der Waals surface area (Å²) >= 11 is 0. The van der Waals surface area contributed by atoms with Gasteiger partial charge in [0.1, 0.15) is 55.8 Å². The van der Waals surface area contributed by atoms with E-state index in [0.717, 1.165) is 47.0 Å². The number of benzene rings is 2. The molecule has 6 rings (SSSR count). The third kappa shape index (κ3) is 4.96. The highest BCUT2D eigenvalue weighted by molar-refractivity contribution is 6.68. The number of anilines is 1. The van der Waals surface area contributed by atoms with Gasteiger partial charge in [-0.15, -0.1) is 5.46 Å². The molecular weight excluding hydrogens is 535 g/mol. The van der Waals surface area contributed by atoms with Gasteiger partial charge in [-0.25, -0.2) is 9.98 Å². The van der Waals surface area contributed by atoms with Gasteiger partial charge in [0, 0.05) is 24.8 Å². The summed E-state index contributed by atoms with van der Waals surface area (Å²) in [6.45, 7) is 0.405. The van der Waals surface area contributed by atoms with Crippen molar-refractivity contribution in [2.45, 2.75) is 37.9 Å². The molecule has 2 atom stereocenters. The maximum atomic E-state index is 13.9. The standard InChI is InChI=1S/C29H33B5FN7O/c1-41-28(43)19(26(36)42-17-6-2-5-16(17)39-29(41)42)27(40-25-23(33)21(31)20(30)22(32)24(25)34)37-12-13-8-10-14(11-9-13)15-4-3-7-18(35)38-15/h3-4,7-11,16-17,36-37,40H,2,5-6,12,30-34H2,1H3/b27-19-,36-26?/t16-,17+/m1/s1. The van der Waals surface area contributed by atoms with Crippen LogP contribution in [0.5, 0.6) is 0 Å². The van der Waals surface area contributed by atoms with Crippen LogP contribution in [0.25, 0.3) is 17.1 Å². The minimum absolute atomic E-state index is 0.102. The first-order valence-corrected chi connectivity index (χ1v) is 14.8. The quantitative estimate of drug-likeness (QED) is 0.159. The number of nitrogens with one attached hydrogen (secondary N) is 3. The van der Waals surface area contributed by atoms with E-state index < -0.39 is 5.95 Å². The van der Waals surface area contributed by atoms with E-state index in [4.69, 9.17) is 4.99 Å². The number of nitrogens with zero attached hydrogens (tertiary/aromatic N) is 4. The monoisotopic (exact) mass is 569 g/mol. The number of hydrogen-bond donors (Lipinski definition) is 3. The summed E-state index contributed by atoms with van der Waals surface area (Å²) in [6, 6.07) is 12.7. The Labute approximate surface area is 254 Å². The van der Waals surface area contributed by atoms with E-state index in [1.807, 2.05) is 28.8 Å². The molecule has 3 N–H and O–H groups in total. The number of hydrogen-bond acceptors (Lipinski definition) is 6. The van der Waals surface area contributed by atoms with Crippen LogP contribution in [0.4, 0.5) is 10.1 Å². The second kappa shape index (κ2) is 11.1. The largest absolute Gasteiger partial charge is 0.367 e. The van der Waals surface area contributed by atoms with E-state index in [2.05, 4.69) is 54.8 Å². The highest BCUT2D eigenvalue weighted by atomic mass is 19.1. The minimum Gasteiger partial charge on any atom is -0.367 e. The Morgan fingerprint density at radius 1 is 1.00 bits per heavy atom. The first kappa shape index (κ1) is 28.9. The fourth-order valence-electron chi connectivity index (χ4n) is 6.51. The lowest BCUT2D eigenvalue weighted by Crippen LogP contribution is -2.60. The van der Waals surface area contributed by atoms with Crippen LogP contribution < -0.4 is 59.8 Å². The second-order valence-electron chi connectivity index (χ2n) is 11.8. The zero-order chi connectivity index (χ0) is 30.6. The first-order valence-electron chi connectivity index (χ1n) is 14.8. The number of fused-ring (bicyclic) bond motifs is 3. The van der Waals surface area contributed by atoms with Crippen LogP contribution in [0.3, 0.4) is 0 Å². The zero-order valence-electron chi connectivity index (χ0n) is 25.6. The molecule has 14 heteroatoms. The molecule has 1 fully saturated rings. The van der Waals surface area contributed by atoms with Crippen LogP contribution in [0.2, 0.25) is 0 Å². The molecule has 0 amide bonds. The predicted molar refractivity (Wildman–Crippen MR) is 184 cm³/mol. The molecule has 1 saturated carbocycles. The van der Waals surface area contributed by atoms with E-state index >= 15 is 0 Å². The van der Waals surface area contributed by atoms with Crippen LogP contribution >= 0.6 is 0 Å². The molecule has 2 aromatic heterocycles. The van der Waals surface area contributed by atoms with Crippen LogP contribution in [0.15, 0.2) is 52.3 Å². The summed E-state index contributed by atoms with van der Waals surface area (Å²) in [5, 5.41) is 16.7. The van der Waals surface area contributed by atoms with Gasteiger partial charge in [0.25, 0.3) is 5.56 Å². The van der Waals surface area contributed by atoms with Crippen molar-refractivity contribution in [3.05, 3.63) is 80.7 Å². The normalized spacial score (nSPS) is 17.6. The van der Waals surface area contributed by atoms with Gasteiger partial charge in [0.15, 0.2) is 0 Å². The average molecular weight is 569 g/mol. The Hall–Kier alpha value is -4.21. The molecule has 0 spiro atoms. The van der Waals surface area contributed by atoms with E-state index in [1.165, 1.54) is 22.5 Å². The molecule has 2 aromatic carbocycles. The van der Waals surface area contributed by atoms with Gasteiger partial charge in [0.05, 0.1) is 17.8 Å². The maximum absolute atomic E-state index is 13.9. The highest BCUT2D eigenvalue weighted by Crippen LogP contribution is 2.32. The fourth-order valence-corrected chi connectivity index (χ4v) is 6.51. The van der Waals surface area contributed by atoms with Crippen molar-refractivity contribution in [2.24, 2.45) is 12.0 Å². The van der Waals surface area contributed by atoms with Crippen molar-refractivity contribution in [1.29, 1.82) is 5.41 Å². The van der Waals surface area contributed by atoms with Gasteiger partial charge in [-0.2, -0.15) is 4.39 Å². The molecule has 2 aliphatic rings. The molecule has 8 nitrogen and oxygen atoms in total. The van der Waals surface area contributed by atoms with Crippen molar-refractivity contribution in [3.8, 4) is 11.3 Å². The molecule has 0 radical (unpaired) electrons. The third-order valence-electron chi connectivity index (χ3n) is 9.50. The predicted octanol–water partition coefficient (Wildman–Crippen LogP) is -6.15. The summed E-state index contributed by atoms with van der Waals surface area (Å²) in [6.07, 6.45) is 2.99. The molecule has 0 unspecified atom stereocenters. The van der Waals surface area contributed by atoms with Crippen molar-refractivity contribution in [2.75, 3.05) is 5.32 Å². The van der Waals surface area contributed by atoms with E-state index in [1.54, 1.807) is 23.7 Å². The molecule has 43 heavy (non-hydrogen) atoms. The van der Waals surface area contributed by atoms with E-state index in [0.29, 0.717) is 28.9 Å². The van der Waals surface area contributed by atoms with Gasteiger partial charge >= 0.3 is 0 Å². The molecule has 1 aliphatic heterocycles. The summed E-state index contributed by atoms with van der Waals surface area (Å²) in [5.41, 5.74) is 9.62. The van der Waals surface area contributed by atoms with Crippen molar-refractivity contribution in [3.63, 3.8) is 0 Å². The van der Waals surface area contributed by atoms with Crippen LogP contribution in [0, 0.1) is 11.4 Å². The lowest BCUT2D eigenvalue weighted by atomic mass is 9.61. The number of rotatable bonds is 6. The van der Waals surface area contributed by atoms with Gasteiger partial charge in [-0.1, -0.05) is 52.2 Å². The highest BCUT2D eigenvalue weighted by Gasteiger charge is 2.35. The smallest absolute Gasteiger partial charge is 0.267 e. The lowest BCUT2D eigenvalue weighted by Gasteiger charge is -2.23. The Kier molecular flexibility index (Phi) is 7.48. The summed E-state index contributed by atoms with van der Waals surface area (Å²) < 4.78 is 17.2. The molecule has 3 heterocycles. The minimum atomic E-state index is -0.516. The van der Waals surface area contributed by atoms with Crippen LogP contribution in [-0.4, -0.2) is 59.4 Å². The fraction of sp³-hybridized carbons (Fsp3) is 0.241. The van der Waals surface area contributed by atoms with Crippen LogP contribution in [-0.2, 0) is 13.6 Å². The molecule has 0 bridgehead atoms. The molecule has 0 saturated heterocycles. The maximum Gasteiger partial charge on any atom is 0.267 e. The van der Waals surface area contributed by atoms with Gasteiger partial charge in [0.2, 0.25) is 11.6 Å².